The van der Waals surface area contributed by atoms with Crippen LogP contribution in [0.15, 0.2) is 90.0 Å². The maximum absolute atomic E-state index is 13.9. The Morgan fingerprint density at radius 3 is 2.33 bits per heavy atom. The molecule has 5 rings (SSSR count). The van der Waals surface area contributed by atoms with Crippen molar-refractivity contribution in [3.8, 4) is 11.3 Å². The first-order valence-electron chi connectivity index (χ1n) is 11.8. The van der Waals surface area contributed by atoms with Crippen molar-refractivity contribution in [3.63, 3.8) is 0 Å². The fraction of sp³-hybridized carbons (Fsp3) is 0.107. The van der Waals surface area contributed by atoms with Crippen molar-refractivity contribution >= 4 is 33.0 Å². The smallest absolute Gasteiger partial charge is 0.280 e. The maximum Gasteiger partial charge on any atom is 0.280 e. The third kappa shape index (κ3) is 5.34. The number of alkyl halides is 2. The molecule has 2 aromatic heterocycles. The highest BCUT2D eigenvalue weighted by atomic mass is 32.2. The van der Waals surface area contributed by atoms with Gasteiger partial charge in [-0.05, 0) is 44.2 Å². The third-order valence-electron chi connectivity index (χ3n) is 6.06. The summed E-state index contributed by atoms with van der Waals surface area (Å²) < 4.78 is 58.0. The summed E-state index contributed by atoms with van der Waals surface area (Å²) >= 11 is 0. The summed E-state index contributed by atoms with van der Waals surface area (Å²) in [7, 11) is -3.98. The Hall–Kier alpha value is -4.64. The quantitative estimate of drug-likeness (QED) is 0.248. The van der Waals surface area contributed by atoms with Gasteiger partial charge in [-0.2, -0.15) is 5.10 Å². The molecule has 198 valence electrons. The molecule has 2 heterocycles. The van der Waals surface area contributed by atoms with Crippen LogP contribution in [0.4, 0.5) is 20.2 Å². The predicted molar refractivity (Wildman–Crippen MR) is 144 cm³/mol. The number of aryl methyl sites for hydroxylation is 2. The van der Waals surface area contributed by atoms with Crippen molar-refractivity contribution in [2.45, 2.75) is 25.2 Å². The second-order valence-electron chi connectivity index (χ2n) is 8.86. The molecule has 39 heavy (non-hydrogen) atoms. The van der Waals surface area contributed by atoms with E-state index < -0.39 is 28.0 Å². The lowest BCUT2D eigenvalue weighted by molar-refractivity contribution is 0.102. The molecule has 0 unspecified atom stereocenters. The van der Waals surface area contributed by atoms with Gasteiger partial charge in [0.15, 0.2) is 5.65 Å². The van der Waals surface area contributed by atoms with Gasteiger partial charge in [0.25, 0.3) is 12.3 Å². The number of sulfonamides is 1. The minimum atomic E-state index is -3.98. The van der Waals surface area contributed by atoms with Gasteiger partial charge >= 0.3 is 0 Å². The van der Waals surface area contributed by atoms with Gasteiger partial charge < -0.3 is 10.0 Å². The van der Waals surface area contributed by atoms with Gasteiger partial charge in [-0.25, -0.2) is 26.7 Å². The predicted octanol–water partition coefficient (Wildman–Crippen LogP) is 6.60. The number of carbonyl (C=O) groups is 1. The molecule has 0 spiro atoms. The molecule has 0 radical (unpaired) electrons. The van der Waals surface area contributed by atoms with Gasteiger partial charge in [-0.1, -0.05) is 59.7 Å². The van der Waals surface area contributed by atoms with Crippen LogP contribution in [0.25, 0.3) is 21.6 Å². The van der Waals surface area contributed by atoms with E-state index in [9.17, 15) is 22.0 Å². The number of nitrogens with zero attached hydrogens (tertiary/aromatic N) is 4. The van der Waals surface area contributed by atoms with Crippen LogP contribution in [-0.2, 0) is 10.0 Å². The van der Waals surface area contributed by atoms with E-state index in [4.69, 9.17) is 0 Å². The van der Waals surface area contributed by atoms with Gasteiger partial charge in [0.05, 0.1) is 16.8 Å². The first kappa shape index (κ1) is 26.0. The van der Waals surface area contributed by atoms with E-state index in [0.717, 1.165) is 10.1 Å². The summed E-state index contributed by atoms with van der Waals surface area (Å²) in [6, 6.07) is 20.8. The fourth-order valence-electron chi connectivity index (χ4n) is 3.93. The Balaban J connectivity index is 1.41. The minimum Gasteiger partial charge on any atom is -0.572 e. The lowest BCUT2D eigenvalue weighted by Crippen LogP contribution is -2.13. The van der Waals surface area contributed by atoms with Gasteiger partial charge in [0.2, 0.25) is 0 Å². The van der Waals surface area contributed by atoms with Crippen LogP contribution in [-0.4, -0.2) is 28.9 Å². The minimum absolute atomic E-state index is 0.0166. The summed E-state index contributed by atoms with van der Waals surface area (Å²) in [5.41, 5.74) is 2.79. The largest absolute Gasteiger partial charge is 0.572 e. The van der Waals surface area contributed by atoms with Crippen molar-refractivity contribution in [2.75, 3.05) is 5.32 Å². The van der Waals surface area contributed by atoms with E-state index in [1.54, 1.807) is 43.3 Å². The summed E-state index contributed by atoms with van der Waals surface area (Å²) in [4.78, 5) is 17.5. The van der Waals surface area contributed by atoms with Gasteiger partial charge in [-0.15, -0.1) is 5.69 Å². The number of hydrogen-bond donors (Lipinski definition) is 1. The molecule has 1 N–H and O–H groups in total. The van der Waals surface area contributed by atoms with Crippen LogP contribution in [0.1, 0.15) is 33.6 Å². The van der Waals surface area contributed by atoms with Crippen LogP contribution >= 0.6 is 0 Å². The Morgan fingerprint density at radius 2 is 1.67 bits per heavy atom. The highest BCUT2D eigenvalue weighted by Crippen LogP contribution is 2.31. The summed E-state index contributed by atoms with van der Waals surface area (Å²) in [6.45, 7) is 3.67. The lowest BCUT2D eigenvalue weighted by atomic mass is 10.1. The number of fused-ring (bicyclic) bond motifs is 1. The monoisotopic (exact) mass is 546 g/mol. The molecular formula is C28H22F2N5O3S-. The number of hydrogen-bond acceptors (Lipinski definition) is 5. The summed E-state index contributed by atoms with van der Waals surface area (Å²) in [5, 5.41) is 6.61. The molecule has 0 fully saturated rings. The molecule has 8 nitrogen and oxygen atoms in total. The van der Waals surface area contributed by atoms with Crippen molar-refractivity contribution in [2.24, 2.45) is 0 Å². The van der Waals surface area contributed by atoms with Crippen LogP contribution < -0.4 is 5.32 Å². The molecule has 0 saturated carbocycles. The molecule has 0 aliphatic rings. The molecule has 11 heteroatoms. The normalized spacial score (nSPS) is 11.6. The molecule has 0 aliphatic carbocycles. The Morgan fingerprint density at radius 1 is 0.974 bits per heavy atom. The van der Waals surface area contributed by atoms with Gasteiger partial charge in [-0.3, -0.25) is 4.79 Å². The first-order chi connectivity index (χ1) is 18.6. The molecule has 1 amide bonds. The second kappa shape index (κ2) is 10.3. The van der Waals surface area contributed by atoms with Crippen LogP contribution in [0.3, 0.4) is 0 Å². The number of carbonyl (C=O) groups excluding carboxylic acids is 1. The standard InChI is InChI=1S/C28H22F2N5O3S/c1-17-7-9-19(10-8-17)24-15-25(26(29)30)35-27(33-24)22(16-31-35)28(36)32-20-11-13-21(14-12-20)39(37,38)34-23-6-4-3-5-18(23)2/h3-16,26H,1-2H3,(H,32,36)/q-1. The van der Waals surface area contributed by atoms with Crippen molar-refractivity contribution in [3.05, 3.63) is 112 Å². The number of benzene rings is 3. The Labute approximate surface area is 223 Å². The van der Waals surface area contributed by atoms with Crippen LogP contribution in [0.5, 0.6) is 0 Å². The Kier molecular flexibility index (Phi) is 6.83. The third-order valence-corrected chi connectivity index (χ3v) is 7.36. The van der Waals surface area contributed by atoms with Gasteiger partial charge in [0, 0.05) is 11.3 Å². The number of rotatable bonds is 7. The number of amides is 1. The average molecular weight is 547 g/mol. The van der Waals surface area contributed by atoms with E-state index in [0.29, 0.717) is 16.8 Å². The second-order valence-corrected chi connectivity index (χ2v) is 10.5. The molecule has 0 saturated heterocycles. The number of aromatic nitrogens is 3. The van der Waals surface area contributed by atoms with E-state index in [1.165, 1.54) is 36.5 Å². The molecule has 0 aliphatic heterocycles. The fourth-order valence-corrected chi connectivity index (χ4v) is 4.98. The zero-order chi connectivity index (χ0) is 27.7. The zero-order valence-corrected chi connectivity index (χ0v) is 21.7. The van der Waals surface area contributed by atoms with E-state index in [2.05, 4.69) is 20.1 Å². The van der Waals surface area contributed by atoms with E-state index >= 15 is 0 Å². The summed E-state index contributed by atoms with van der Waals surface area (Å²) in [5.74, 6) is -0.640. The van der Waals surface area contributed by atoms with Gasteiger partial charge in [0.1, 0.15) is 21.3 Å². The van der Waals surface area contributed by atoms with Crippen molar-refractivity contribution < 1.29 is 22.0 Å². The SMILES string of the molecule is Cc1ccc(-c2cc(C(F)F)n3ncc(C(=O)Nc4ccc(S(=O)(=O)[N-]c5ccccc5C)cc4)c3n2)cc1. The topological polar surface area (TPSA) is 108 Å². The molecule has 5 aromatic rings. The number of anilines is 1. The highest BCUT2D eigenvalue weighted by molar-refractivity contribution is 7.94. The van der Waals surface area contributed by atoms with E-state index in [-0.39, 0.29) is 27.5 Å². The van der Waals surface area contributed by atoms with E-state index in [1.807, 2.05) is 19.1 Å². The maximum atomic E-state index is 13.9. The number of halogens is 2. The van der Waals surface area contributed by atoms with Crippen molar-refractivity contribution in [1.29, 1.82) is 0 Å². The lowest BCUT2D eigenvalue weighted by Gasteiger charge is -2.24. The summed E-state index contributed by atoms with van der Waals surface area (Å²) in [6.07, 6.45) is -1.68. The molecule has 0 bridgehead atoms. The average Bonchev–Trinajstić information content (AvgIpc) is 3.34. The zero-order valence-electron chi connectivity index (χ0n) is 20.8. The van der Waals surface area contributed by atoms with Crippen LogP contribution in [0, 0.1) is 13.8 Å². The van der Waals surface area contributed by atoms with Crippen molar-refractivity contribution in [1.82, 2.24) is 14.6 Å². The Bertz CT molecular complexity index is 1790. The number of nitrogens with one attached hydrogen (secondary N) is 1. The molecule has 0 atom stereocenters. The van der Waals surface area contributed by atoms with Crippen LogP contribution in [0.2, 0.25) is 0 Å². The molecular weight excluding hydrogens is 524 g/mol. The molecule has 3 aromatic carbocycles. The first-order valence-corrected chi connectivity index (χ1v) is 13.3. The highest BCUT2D eigenvalue weighted by Gasteiger charge is 2.22.